The van der Waals surface area contributed by atoms with Crippen LogP contribution in [0.25, 0.3) is 0 Å². The van der Waals surface area contributed by atoms with Gasteiger partial charge in [0.05, 0.1) is 11.0 Å². The molecule has 114 valence electrons. The van der Waals surface area contributed by atoms with Crippen molar-refractivity contribution < 1.29 is 14.5 Å². The van der Waals surface area contributed by atoms with Gasteiger partial charge in [-0.15, -0.1) is 0 Å². The summed E-state index contributed by atoms with van der Waals surface area (Å²) < 4.78 is 5.49. The molecule has 0 aliphatic carbocycles. The molecule has 1 atom stereocenters. The van der Waals surface area contributed by atoms with Crippen LogP contribution in [0.15, 0.2) is 12.3 Å². The first-order valence-electron chi connectivity index (χ1n) is 6.76. The highest BCUT2D eigenvalue weighted by molar-refractivity contribution is 5.98. The normalized spacial score (nSPS) is 19.0. The van der Waals surface area contributed by atoms with Gasteiger partial charge in [-0.25, -0.2) is 4.98 Å². The number of rotatable bonds is 3. The average molecular weight is 294 g/mol. The first-order chi connectivity index (χ1) is 10.0. The molecular formula is C13H18N4O4. The van der Waals surface area contributed by atoms with Crippen molar-refractivity contribution in [2.75, 3.05) is 32.1 Å². The summed E-state index contributed by atoms with van der Waals surface area (Å²) in [5.41, 5.74) is -0.231. The number of ether oxygens (including phenoxy) is 1. The third-order valence-electron chi connectivity index (χ3n) is 3.31. The third kappa shape index (κ3) is 3.46. The van der Waals surface area contributed by atoms with Gasteiger partial charge in [0, 0.05) is 32.8 Å². The number of aromatic nitrogens is 1. The van der Waals surface area contributed by atoms with E-state index in [2.05, 4.69) is 10.3 Å². The molecule has 1 N–H and O–H groups in total. The summed E-state index contributed by atoms with van der Waals surface area (Å²) in [6.45, 7) is 3.42. The zero-order valence-corrected chi connectivity index (χ0v) is 12.0. The summed E-state index contributed by atoms with van der Waals surface area (Å²) in [5.74, 6) is 0.0565. The monoisotopic (exact) mass is 294 g/mol. The molecular weight excluding hydrogens is 276 g/mol. The lowest BCUT2D eigenvalue weighted by Crippen LogP contribution is -2.36. The molecule has 1 aliphatic rings. The topological polar surface area (TPSA) is 97.6 Å². The van der Waals surface area contributed by atoms with Gasteiger partial charge in [-0.1, -0.05) is 0 Å². The summed E-state index contributed by atoms with van der Waals surface area (Å²) in [6.07, 6.45) is 1.74. The van der Waals surface area contributed by atoms with Crippen LogP contribution in [-0.4, -0.2) is 53.6 Å². The fourth-order valence-corrected chi connectivity index (χ4v) is 2.25. The number of nitro groups is 1. The van der Waals surface area contributed by atoms with E-state index in [0.29, 0.717) is 31.9 Å². The summed E-state index contributed by atoms with van der Waals surface area (Å²) in [7, 11) is 1.64. The molecule has 8 nitrogen and oxygen atoms in total. The second-order valence-corrected chi connectivity index (χ2v) is 4.88. The Balaban J connectivity index is 2.34. The number of pyridine rings is 1. The minimum atomic E-state index is -0.586. The highest BCUT2D eigenvalue weighted by Crippen LogP contribution is 2.22. The Morgan fingerprint density at radius 2 is 2.38 bits per heavy atom. The lowest BCUT2D eigenvalue weighted by atomic mass is 10.1. The van der Waals surface area contributed by atoms with Gasteiger partial charge in [0.25, 0.3) is 11.6 Å². The number of hydrogen-bond acceptors (Lipinski definition) is 6. The molecule has 1 aliphatic heterocycles. The molecule has 8 heteroatoms. The lowest BCUT2D eigenvalue weighted by Gasteiger charge is -2.22. The smallest absolute Gasteiger partial charge is 0.300 e. The first-order valence-corrected chi connectivity index (χ1v) is 6.76. The quantitative estimate of drug-likeness (QED) is 0.666. The van der Waals surface area contributed by atoms with Crippen molar-refractivity contribution in [3.63, 3.8) is 0 Å². The van der Waals surface area contributed by atoms with E-state index in [4.69, 9.17) is 4.74 Å². The van der Waals surface area contributed by atoms with Crippen LogP contribution in [0.2, 0.25) is 0 Å². The van der Waals surface area contributed by atoms with Crippen LogP contribution >= 0.6 is 0 Å². The zero-order chi connectivity index (χ0) is 15.4. The van der Waals surface area contributed by atoms with Crippen LogP contribution in [0.3, 0.4) is 0 Å². The molecule has 1 saturated heterocycles. The maximum Gasteiger partial charge on any atom is 0.300 e. The molecule has 1 aromatic rings. The van der Waals surface area contributed by atoms with E-state index in [1.54, 1.807) is 11.9 Å². The van der Waals surface area contributed by atoms with Crippen LogP contribution in [0, 0.1) is 10.1 Å². The van der Waals surface area contributed by atoms with Gasteiger partial charge in [0.15, 0.2) is 0 Å². The molecule has 2 rings (SSSR count). The van der Waals surface area contributed by atoms with Crippen LogP contribution in [0.1, 0.15) is 23.7 Å². The highest BCUT2D eigenvalue weighted by atomic mass is 16.6. The predicted octanol–water partition coefficient (Wildman–Crippen LogP) is 1.28. The number of anilines is 1. The maximum atomic E-state index is 12.6. The van der Waals surface area contributed by atoms with Gasteiger partial charge in [0.2, 0.25) is 0 Å². The van der Waals surface area contributed by atoms with Crippen molar-refractivity contribution >= 4 is 17.4 Å². The largest absolute Gasteiger partial charge is 0.377 e. The Morgan fingerprint density at radius 3 is 3.05 bits per heavy atom. The molecule has 2 heterocycles. The van der Waals surface area contributed by atoms with E-state index in [-0.39, 0.29) is 23.3 Å². The number of nitrogens with one attached hydrogen (secondary N) is 1. The number of hydrogen-bond donors (Lipinski definition) is 1. The fourth-order valence-electron chi connectivity index (χ4n) is 2.25. The molecule has 1 amide bonds. The van der Waals surface area contributed by atoms with E-state index in [0.717, 1.165) is 6.20 Å². The van der Waals surface area contributed by atoms with Crippen molar-refractivity contribution in [3.8, 4) is 0 Å². The Kier molecular flexibility index (Phi) is 4.69. The van der Waals surface area contributed by atoms with Crippen LogP contribution in [0.4, 0.5) is 11.5 Å². The summed E-state index contributed by atoms with van der Waals surface area (Å²) in [6, 6.07) is 1.41. The van der Waals surface area contributed by atoms with Crippen LogP contribution < -0.4 is 5.32 Å². The summed E-state index contributed by atoms with van der Waals surface area (Å²) in [4.78, 5) is 28.6. The molecule has 0 aromatic carbocycles. The lowest BCUT2D eigenvalue weighted by molar-refractivity contribution is -0.385. The SMILES string of the molecule is CNc1cc(C(=O)N2CCCOC(C)C2)c([N+](=O)[O-])cn1. The number of carbonyl (C=O) groups is 1. The van der Waals surface area contributed by atoms with Gasteiger partial charge in [-0.3, -0.25) is 14.9 Å². The molecule has 1 aromatic heterocycles. The summed E-state index contributed by atoms with van der Waals surface area (Å²) in [5, 5.41) is 13.9. The molecule has 0 radical (unpaired) electrons. The molecule has 1 fully saturated rings. The molecule has 21 heavy (non-hydrogen) atoms. The van der Waals surface area contributed by atoms with E-state index in [9.17, 15) is 14.9 Å². The molecule has 0 spiro atoms. The number of carbonyl (C=O) groups excluding carboxylic acids is 1. The second kappa shape index (κ2) is 6.49. The van der Waals surface area contributed by atoms with E-state index >= 15 is 0 Å². The maximum absolute atomic E-state index is 12.6. The average Bonchev–Trinajstić information content (AvgIpc) is 2.70. The van der Waals surface area contributed by atoms with Crippen molar-refractivity contribution in [3.05, 3.63) is 27.9 Å². The van der Waals surface area contributed by atoms with Crippen LogP contribution in [0.5, 0.6) is 0 Å². The van der Waals surface area contributed by atoms with E-state index < -0.39 is 4.92 Å². The van der Waals surface area contributed by atoms with Gasteiger partial charge in [-0.2, -0.15) is 0 Å². The van der Waals surface area contributed by atoms with Crippen LogP contribution in [-0.2, 0) is 4.74 Å². The van der Waals surface area contributed by atoms with Gasteiger partial charge in [0.1, 0.15) is 17.6 Å². The zero-order valence-electron chi connectivity index (χ0n) is 12.0. The fraction of sp³-hybridized carbons (Fsp3) is 0.538. The third-order valence-corrected chi connectivity index (χ3v) is 3.31. The minimum absolute atomic E-state index is 0.0495. The predicted molar refractivity (Wildman–Crippen MR) is 76.4 cm³/mol. The Labute approximate surface area is 122 Å². The van der Waals surface area contributed by atoms with E-state index in [1.807, 2.05) is 6.92 Å². The van der Waals surface area contributed by atoms with Crippen molar-refractivity contribution in [2.24, 2.45) is 0 Å². The second-order valence-electron chi connectivity index (χ2n) is 4.88. The highest BCUT2D eigenvalue weighted by Gasteiger charge is 2.27. The number of amides is 1. The van der Waals surface area contributed by atoms with Gasteiger partial charge in [-0.05, 0) is 13.3 Å². The Hall–Kier alpha value is -2.22. The minimum Gasteiger partial charge on any atom is -0.377 e. The molecule has 0 bridgehead atoms. The van der Waals surface area contributed by atoms with E-state index in [1.165, 1.54) is 6.07 Å². The van der Waals surface area contributed by atoms with Crippen molar-refractivity contribution in [2.45, 2.75) is 19.4 Å². The molecule has 1 unspecified atom stereocenters. The number of nitrogens with zero attached hydrogens (tertiary/aromatic N) is 3. The Bertz CT molecular complexity index is 549. The van der Waals surface area contributed by atoms with Gasteiger partial charge < -0.3 is 15.0 Å². The van der Waals surface area contributed by atoms with Crippen molar-refractivity contribution in [1.29, 1.82) is 0 Å². The first kappa shape index (κ1) is 15.2. The summed E-state index contributed by atoms with van der Waals surface area (Å²) >= 11 is 0. The molecule has 0 saturated carbocycles. The Morgan fingerprint density at radius 1 is 1.62 bits per heavy atom. The standard InChI is InChI=1S/C13H18N4O4/c1-9-8-16(4-3-5-21-9)13(18)10-6-12(14-2)15-7-11(10)17(19)20/h6-7,9H,3-5,8H2,1-2H3,(H,14,15). The van der Waals surface area contributed by atoms with Gasteiger partial charge >= 0.3 is 0 Å². The van der Waals surface area contributed by atoms with Crippen molar-refractivity contribution in [1.82, 2.24) is 9.88 Å².